The largest absolute Gasteiger partial charge is 0.370 e. The molecule has 0 aromatic rings. The monoisotopic (exact) mass is 412 g/mol. The molecular formula is C21H40N4O4. The molecule has 0 aliphatic carbocycles. The van der Waals surface area contributed by atoms with E-state index in [0.29, 0.717) is 32.2 Å². The fourth-order valence-electron chi connectivity index (χ4n) is 2.98. The number of rotatable bonds is 19. The molecule has 0 spiro atoms. The molecule has 0 saturated heterocycles. The van der Waals surface area contributed by atoms with Gasteiger partial charge in [-0.05, 0) is 32.6 Å². The molecule has 29 heavy (non-hydrogen) atoms. The second-order valence-corrected chi connectivity index (χ2v) is 7.74. The van der Waals surface area contributed by atoms with Crippen molar-refractivity contribution >= 4 is 23.6 Å². The van der Waals surface area contributed by atoms with Crippen molar-refractivity contribution in [3.8, 4) is 0 Å². The predicted octanol–water partition coefficient (Wildman–Crippen LogP) is 2.04. The fraction of sp³-hybridized carbons (Fsp3) is 0.810. The summed E-state index contributed by atoms with van der Waals surface area (Å²) in [4.78, 5) is 45.0. The molecule has 1 unspecified atom stereocenters. The van der Waals surface area contributed by atoms with Crippen molar-refractivity contribution < 1.29 is 19.2 Å². The molecule has 0 aromatic heterocycles. The Morgan fingerprint density at radius 2 is 1.00 bits per heavy atom. The lowest BCUT2D eigenvalue weighted by molar-refractivity contribution is -0.123. The first-order valence-electron chi connectivity index (χ1n) is 10.9. The molecule has 0 bridgehead atoms. The summed E-state index contributed by atoms with van der Waals surface area (Å²) in [7, 11) is 0. The summed E-state index contributed by atoms with van der Waals surface area (Å²) in [6.45, 7) is 2.30. The first-order chi connectivity index (χ1) is 13.8. The Morgan fingerprint density at radius 3 is 1.45 bits per heavy atom. The summed E-state index contributed by atoms with van der Waals surface area (Å²) in [5.74, 6) is -0.524. The number of carbonyl (C=O) groups excluding carboxylic acids is 4. The van der Waals surface area contributed by atoms with Crippen LogP contribution >= 0.6 is 0 Å². The Kier molecular flexibility index (Phi) is 16.6. The SMILES string of the molecule is CC(CNC(=O)CCCCCCCC(N)=O)NC(=O)CCCCCCCC(N)=O. The Morgan fingerprint density at radius 1 is 0.621 bits per heavy atom. The van der Waals surface area contributed by atoms with Gasteiger partial charge in [-0.1, -0.05) is 38.5 Å². The van der Waals surface area contributed by atoms with Crippen molar-refractivity contribution in [1.82, 2.24) is 10.6 Å². The highest BCUT2D eigenvalue weighted by Gasteiger charge is 2.09. The third-order valence-corrected chi connectivity index (χ3v) is 4.67. The van der Waals surface area contributed by atoms with Gasteiger partial charge < -0.3 is 22.1 Å². The number of hydrogen-bond donors (Lipinski definition) is 4. The Balaban J connectivity index is 3.55. The molecule has 0 heterocycles. The van der Waals surface area contributed by atoms with E-state index in [1.807, 2.05) is 6.92 Å². The number of nitrogens with one attached hydrogen (secondary N) is 2. The summed E-state index contributed by atoms with van der Waals surface area (Å²) in [5, 5.41) is 5.75. The molecule has 1 atom stereocenters. The highest BCUT2D eigenvalue weighted by molar-refractivity contribution is 5.77. The van der Waals surface area contributed by atoms with Gasteiger partial charge in [-0.25, -0.2) is 0 Å². The van der Waals surface area contributed by atoms with Gasteiger partial charge in [0.1, 0.15) is 0 Å². The number of primary amides is 2. The van der Waals surface area contributed by atoms with Crippen molar-refractivity contribution in [3.05, 3.63) is 0 Å². The third kappa shape index (κ3) is 20.4. The highest BCUT2D eigenvalue weighted by Crippen LogP contribution is 2.08. The van der Waals surface area contributed by atoms with Gasteiger partial charge in [-0.2, -0.15) is 0 Å². The molecule has 0 rings (SSSR count). The van der Waals surface area contributed by atoms with Gasteiger partial charge in [0.25, 0.3) is 0 Å². The van der Waals surface area contributed by atoms with E-state index < -0.39 is 0 Å². The van der Waals surface area contributed by atoms with Crippen molar-refractivity contribution in [2.45, 2.75) is 103 Å². The van der Waals surface area contributed by atoms with Gasteiger partial charge in [0.15, 0.2) is 0 Å². The van der Waals surface area contributed by atoms with Gasteiger partial charge >= 0.3 is 0 Å². The maximum Gasteiger partial charge on any atom is 0.220 e. The van der Waals surface area contributed by atoms with Crippen LogP contribution in [0.3, 0.4) is 0 Å². The van der Waals surface area contributed by atoms with Crippen LogP contribution in [-0.4, -0.2) is 36.2 Å². The quantitative estimate of drug-likeness (QED) is 0.241. The van der Waals surface area contributed by atoms with Crippen molar-refractivity contribution in [3.63, 3.8) is 0 Å². The number of unbranched alkanes of at least 4 members (excludes halogenated alkanes) is 8. The van der Waals surface area contributed by atoms with E-state index in [1.54, 1.807) is 0 Å². The van der Waals surface area contributed by atoms with Crippen LogP contribution in [0.15, 0.2) is 0 Å². The van der Waals surface area contributed by atoms with Crippen molar-refractivity contribution in [2.24, 2.45) is 11.5 Å². The van der Waals surface area contributed by atoms with Crippen LogP contribution < -0.4 is 22.1 Å². The minimum absolute atomic E-state index is 0.000143. The minimum Gasteiger partial charge on any atom is -0.370 e. The summed E-state index contributed by atoms with van der Waals surface area (Å²) in [6.07, 6.45) is 10.9. The number of amides is 4. The number of nitrogens with two attached hydrogens (primary N) is 2. The predicted molar refractivity (Wildman–Crippen MR) is 114 cm³/mol. The van der Waals surface area contributed by atoms with Gasteiger partial charge in [-0.15, -0.1) is 0 Å². The lowest BCUT2D eigenvalue weighted by atomic mass is 10.1. The van der Waals surface area contributed by atoms with Crippen LogP contribution in [-0.2, 0) is 19.2 Å². The molecule has 8 nitrogen and oxygen atoms in total. The molecule has 4 amide bonds. The summed E-state index contributed by atoms with van der Waals surface area (Å²) >= 11 is 0. The topological polar surface area (TPSA) is 144 Å². The van der Waals surface area contributed by atoms with Gasteiger partial charge in [0, 0.05) is 38.3 Å². The maximum absolute atomic E-state index is 11.9. The second-order valence-electron chi connectivity index (χ2n) is 7.74. The van der Waals surface area contributed by atoms with E-state index in [4.69, 9.17) is 11.5 Å². The number of hydrogen-bond acceptors (Lipinski definition) is 4. The smallest absolute Gasteiger partial charge is 0.220 e. The molecule has 0 aromatic carbocycles. The third-order valence-electron chi connectivity index (χ3n) is 4.67. The zero-order chi connectivity index (χ0) is 21.9. The molecule has 168 valence electrons. The lowest BCUT2D eigenvalue weighted by Crippen LogP contribution is -2.41. The standard InChI is InChI=1S/C21H40N4O4/c1-17(25-21(29)15-11-7-3-5-9-13-19(23)27)16-24-20(28)14-10-6-2-4-8-12-18(22)26/h17H,2-16H2,1H3,(H2,22,26)(H2,23,27)(H,24,28)(H,25,29). The first-order valence-corrected chi connectivity index (χ1v) is 10.9. The molecule has 0 radical (unpaired) electrons. The Hall–Kier alpha value is -2.12. The van der Waals surface area contributed by atoms with Crippen molar-refractivity contribution in [2.75, 3.05) is 6.54 Å². The van der Waals surface area contributed by atoms with Gasteiger partial charge in [0.2, 0.25) is 23.6 Å². The fourth-order valence-corrected chi connectivity index (χ4v) is 2.98. The van der Waals surface area contributed by atoms with Crippen LogP contribution in [0.1, 0.15) is 96.8 Å². The minimum atomic E-state index is -0.262. The lowest BCUT2D eigenvalue weighted by Gasteiger charge is -2.15. The molecule has 0 saturated carbocycles. The average molecular weight is 413 g/mol. The Bertz CT molecular complexity index is 497. The van der Waals surface area contributed by atoms with Crippen LogP contribution in [0, 0.1) is 0 Å². The maximum atomic E-state index is 11.9. The van der Waals surface area contributed by atoms with E-state index in [-0.39, 0.29) is 29.7 Å². The normalized spacial score (nSPS) is 11.6. The molecule has 6 N–H and O–H groups in total. The van der Waals surface area contributed by atoms with Gasteiger partial charge in [-0.3, -0.25) is 19.2 Å². The zero-order valence-corrected chi connectivity index (χ0v) is 18.0. The van der Waals surface area contributed by atoms with Crippen LogP contribution in [0.25, 0.3) is 0 Å². The molecular weight excluding hydrogens is 372 g/mol. The van der Waals surface area contributed by atoms with Crippen molar-refractivity contribution in [1.29, 1.82) is 0 Å². The second kappa shape index (κ2) is 17.9. The summed E-state index contributed by atoms with van der Waals surface area (Å²) in [5.41, 5.74) is 10.2. The molecule has 0 aliphatic rings. The van der Waals surface area contributed by atoms with E-state index in [0.717, 1.165) is 64.2 Å². The van der Waals surface area contributed by atoms with E-state index >= 15 is 0 Å². The molecule has 0 fully saturated rings. The Labute approximate surface area is 174 Å². The highest BCUT2D eigenvalue weighted by atomic mass is 16.2. The zero-order valence-electron chi connectivity index (χ0n) is 18.0. The summed E-state index contributed by atoms with van der Waals surface area (Å²) in [6, 6.07) is -0.101. The van der Waals surface area contributed by atoms with E-state index in [2.05, 4.69) is 10.6 Å². The van der Waals surface area contributed by atoms with E-state index in [9.17, 15) is 19.2 Å². The molecule has 0 aliphatic heterocycles. The summed E-state index contributed by atoms with van der Waals surface area (Å²) < 4.78 is 0. The van der Waals surface area contributed by atoms with Crippen LogP contribution in [0.2, 0.25) is 0 Å². The average Bonchev–Trinajstić information content (AvgIpc) is 2.64. The van der Waals surface area contributed by atoms with Crippen LogP contribution in [0.4, 0.5) is 0 Å². The first kappa shape index (κ1) is 26.9. The molecule has 8 heteroatoms. The van der Waals surface area contributed by atoms with Gasteiger partial charge in [0.05, 0.1) is 0 Å². The van der Waals surface area contributed by atoms with Crippen LogP contribution in [0.5, 0.6) is 0 Å². The van der Waals surface area contributed by atoms with E-state index in [1.165, 1.54) is 0 Å². The number of carbonyl (C=O) groups is 4.